The molecular weight excluding hydrogens is 344 g/mol. The molecule has 2 rings (SSSR count). The van der Waals surface area contributed by atoms with Crippen molar-refractivity contribution in [2.24, 2.45) is 0 Å². The van der Waals surface area contributed by atoms with Crippen LogP contribution in [0.3, 0.4) is 0 Å². The number of methoxy groups -OCH3 is 2. The average molecular weight is 372 g/mol. The molecule has 0 spiro atoms. The van der Waals surface area contributed by atoms with Crippen LogP contribution in [0.2, 0.25) is 0 Å². The largest absolute Gasteiger partial charge is 0.497 e. The fourth-order valence-electron chi connectivity index (χ4n) is 2.46. The summed E-state index contributed by atoms with van der Waals surface area (Å²) in [5, 5.41) is 5.52. The fraction of sp³-hybridized carbons (Fsp3) is 0.381. The standard InChI is InChI=1S/C21H28N2O4/c1-21(2,3)15-7-6-8-17(13-15)27-12-11-22-20(24)23-18-14-16(25-4)9-10-19(18)26-5/h6-10,13-14H,11-12H2,1-5H3,(H2,22,23,24). The second-order valence-corrected chi connectivity index (χ2v) is 7.07. The van der Waals surface area contributed by atoms with Crippen LogP contribution < -0.4 is 24.8 Å². The van der Waals surface area contributed by atoms with Crippen LogP contribution >= 0.6 is 0 Å². The zero-order valence-corrected chi connectivity index (χ0v) is 16.6. The molecule has 2 aromatic rings. The van der Waals surface area contributed by atoms with Crippen molar-refractivity contribution in [3.8, 4) is 17.2 Å². The Bertz CT molecular complexity index is 769. The Morgan fingerprint density at radius 1 is 1.00 bits per heavy atom. The van der Waals surface area contributed by atoms with Gasteiger partial charge in [0.1, 0.15) is 23.9 Å². The van der Waals surface area contributed by atoms with Crippen molar-refractivity contribution in [3.05, 3.63) is 48.0 Å². The molecule has 0 saturated heterocycles. The molecule has 0 radical (unpaired) electrons. The molecule has 0 heterocycles. The van der Waals surface area contributed by atoms with E-state index >= 15 is 0 Å². The van der Waals surface area contributed by atoms with Crippen LogP contribution in [0.25, 0.3) is 0 Å². The van der Waals surface area contributed by atoms with Gasteiger partial charge in [0.25, 0.3) is 0 Å². The molecule has 0 aliphatic carbocycles. The van der Waals surface area contributed by atoms with E-state index < -0.39 is 0 Å². The van der Waals surface area contributed by atoms with Crippen molar-refractivity contribution in [1.82, 2.24) is 5.32 Å². The Hall–Kier alpha value is -2.89. The maximum Gasteiger partial charge on any atom is 0.319 e. The highest BCUT2D eigenvalue weighted by Crippen LogP contribution is 2.28. The molecule has 0 saturated carbocycles. The molecule has 2 N–H and O–H groups in total. The molecule has 146 valence electrons. The predicted octanol–water partition coefficient (Wildman–Crippen LogP) is 4.20. The smallest absolute Gasteiger partial charge is 0.319 e. The number of hydrogen-bond acceptors (Lipinski definition) is 4. The summed E-state index contributed by atoms with van der Waals surface area (Å²) in [4.78, 5) is 12.1. The Morgan fingerprint density at radius 2 is 1.78 bits per heavy atom. The van der Waals surface area contributed by atoms with Gasteiger partial charge in [0, 0.05) is 6.07 Å². The van der Waals surface area contributed by atoms with Gasteiger partial charge in [-0.25, -0.2) is 4.79 Å². The van der Waals surface area contributed by atoms with Crippen LogP contribution in [0, 0.1) is 0 Å². The lowest BCUT2D eigenvalue weighted by Gasteiger charge is -2.19. The molecule has 6 nitrogen and oxygen atoms in total. The third kappa shape index (κ3) is 6.09. The first-order valence-corrected chi connectivity index (χ1v) is 8.83. The second-order valence-electron chi connectivity index (χ2n) is 7.07. The third-order valence-electron chi connectivity index (χ3n) is 4.01. The summed E-state index contributed by atoms with van der Waals surface area (Å²) in [5.74, 6) is 1.98. The fourth-order valence-corrected chi connectivity index (χ4v) is 2.46. The number of carbonyl (C=O) groups excluding carboxylic acids is 1. The Kier molecular flexibility index (Phi) is 6.93. The number of anilines is 1. The summed E-state index contributed by atoms with van der Waals surface area (Å²) in [5.41, 5.74) is 1.80. The van der Waals surface area contributed by atoms with Crippen LogP contribution in [0.15, 0.2) is 42.5 Å². The number of nitrogens with one attached hydrogen (secondary N) is 2. The SMILES string of the molecule is COc1ccc(OC)c(NC(=O)NCCOc2cccc(C(C)(C)C)c2)c1. The molecule has 0 unspecified atom stereocenters. The van der Waals surface area contributed by atoms with Gasteiger partial charge in [-0.2, -0.15) is 0 Å². The molecular formula is C21H28N2O4. The van der Waals surface area contributed by atoms with Gasteiger partial charge in [0.2, 0.25) is 0 Å². The zero-order valence-electron chi connectivity index (χ0n) is 16.6. The van der Waals surface area contributed by atoms with Gasteiger partial charge in [-0.05, 0) is 35.2 Å². The molecule has 27 heavy (non-hydrogen) atoms. The summed E-state index contributed by atoms with van der Waals surface area (Å²) < 4.78 is 16.2. The third-order valence-corrected chi connectivity index (χ3v) is 4.01. The Labute approximate surface area is 160 Å². The lowest BCUT2D eigenvalue weighted by Crippen LogP contribution is -2.32. The maximum atomic E-state index is 12.1. The summed E-state index contributed by atoms with van der Waals surface area (Å²) >= 11 is 0. The normalized spacial score (nSPS) is 10.9. The summed E-state index contributed by atoms with van der Waals surface area (Å²) in [7, 11) is 3.11. The Morgan fingerprint density at radius 3 is 2.44 bits per heavy atom. The van der Waals surface area contributed by atoms with Crippen molar-refractivity contribution in [2.75, 3.05) is 32.7 Å². The highest BCUT2D eigenvalue weighted by Gasteiger charge is 2.14. The quantitative estimate of drug-likeness (QED) is 0.715. The first-order valence-electron chi connectivity index (χ1n) is 8.83. The van der Waals surface area contributed by atoms with Gasteiger partial charge < -0.3 is 24.8 Å². The summed E-state index contributed by atoms with van der Waals surface area (Å²) in [6.07, 6.45) is 0. The number of hydrogen-bond donors (Lipinski definition) is 2. The summed E-state index contributed by atoms with van der Waals surface area (Å²) in [6, 6.07) is 12.9. The minimum Gasteiger partial charge on any atom is -0.497 e. The molecule has 0 fully saturated rings. The van der Waals surface area contributed by atoms with E-state index in [9.17, 15) is 4.79 Å². The van der Waals surface area contributed by atoms with Gasteiger partial charge in [0.05, 0.1) is 26.5 Å². The predicted molar refractivity (Wildman–Crippen MR) is 107 cm³/mol. The monoisotopic (exact) mass is 372 g/mol. The molecule has 0 aromatic heterocycles. The van der Waals surface area contributed by atoms with Crippen molar-refractivity contribution < 1.29 is 19.0 Å². The van der Waals surface area contributed by atoms with Crippen LogP contribution in [0.1, 0.15) is 26.3 Å². The van der Waals surface area contributed by atoms with Crippen molar-refractivity contribution in [1.29, 1.82) is 0 Å². The van der Waals surface area contributed by atoms with E-state index in [-0.39, 0.29) is 11.4 Å². The van der Waals surface area contributed by atoms with E-state index in [1.807, 2.05) is 18.2 Å². The van der Waals surface area contributed by atoms with Crippen LogP contribution in [-0.4, -0.2) is 33.4 Å². The van der Waals surface area contributed by atoms with Crippen LogP contribution in [0.4, 0.5) is 10.5 Å². The highest BCUT2D eigenvalue weighted by atomic mass is 16.5. The van der Waals surface area contributed by atoms with E-state index in [2.05, 4.69) is 37.5 Å². The van der Waals surface area contributed by atoms with Gasteiger partial charge in [-0.1, -0.05) is 32.9 Å². The van der Waals surface area contributed by atoms with Crippen LogP contribution in [-0.2, 0) is 5.41 Å². The number of amides is 2. The zero-order chi connectivity index (χ0) is 19.9. The molecule has 0 bridgehead atoms. The van der Waals surface area contributed by atoms with Crippen LogP contribution in [0.5, 0.6) is 17.2 Å². The summed E-state index contributed by atoms with van der Waals surface area (Å²) in [6.45, 7) is 7.22. The lowest BCUT2D eigenvalue weighted by atomic mass is 9.87. The van der Waals surface area contributed by atoms with Crippen molar-refractivity contribution in [2.45, 2.75) is 26.2 Å². The van der Waals surface area contributed by atoms with E-state index in [0.29, 0.717) is 30.3 Å². The first kappa shape index (κ1) is 20.4. The first-order chi connectivity index (χ1) is 12.8. The maximum absolute atomic E-state index is 12.1. The number of rotatable bonds is 7. The minimum absolute atomic E-state index is 0.0628. The van der Waals surface area contributed by atoms with Gasteiger partial charge in [-0.3, -0.25) is 0 Å². The molecule has 2 aromatic carbocycles. The highest BCUT2D eigenvalue weighted by molar-refractivity contribution is 5.91. The van der Waals surface area contributed by atoms with E-state index in [1.165, 1.54) is 5.56 Å². The molecule has 2 amide bonds. The minimum atomic E-state index is -0.339. The molecule has 0 aliphatic heterocycles. The van der Waals surface area contributed by atoms with E-state index in [4.69, 9.17) is 14.2 Å². The van der Waals surface area contributed by atoms with E-state index in [1.54, 1.807) is 32.4 Å². The topological polar surface area (TPSA) is 68.8 Å². The molecule has 0 atom stereocenters. The number of urea groups is 1. The van der Waals surface area contributed by atoms with Gasteiger partial charge in [0.15, 0.2) is 0 Å². The van der Waals surface area contributed by atoms with Crippen molar-refractivity contribution >= 4 is 11.7 Å². The Balaban J connectivity index is 1.83. The number of benzene rings is 2. The lowest BCUT2D eigenvalue weighted by molar-refractivity contribution is 0.247. The molecule has 0 aliphatic rings. The van der Waals surface area contributed by atoms with Crippen molar-refractivity contribution in [3.63, 3.8) is 0 Å². The molecule has 6 heteroatoms. The number of ether oxygens (including phenoxy) is 3. The average Bonchev–Trinajstić information content (AvgIpc) is 2.64. The van der Waals surface area contributed by atoms with Gasteiger partial charge >= 0.3 is 6.03 Å². The van der Waals surface area contributed by atoms with Gasteiger partial charge in [-0.15, -0.1) is 0 Å². The number of carbonyl (C=O) groups is 1. The second kappa shape index (κ2) is 9.16. The van der Waals surface area contributed by atoms with E-state index in [0.717, 1.165) is 5.75 Å².